The first-order chi connectivity index (χ1) is 4.96. The van der Waals surface area contributed by atoms with Gasteiger partial charge in [-0.3, -0.25) is 28.7 Å². The second kappa shape index (κ2) is 3.00. The lowest BCUT2D eigenvalue weighted by Gasteiger charge is -2.35. The fourth-order valence-corrected chi connectivity index (χ4v) is 0.827. The fraction of sp³-hybridized carbons (Fsp3) is 1.00. The van der Waals surface area contributed by atoms with Gasteiger partial charge in [0.15, 0.2) is 5.79 Å². The van der Waals surface area contributed by atoms with Gasteiger partial charge in [0.1, 0.15) is 0 Å². The van der Waals surface area contributed by atoms with Crippen LogP contribution in [0, 0.1) is 0 Å². The van der Waals surface area contributed by atoms with Crippen molar-refractivity contribution in [3.05, 3.63) is 0 Å². The van der Waals surface area contributed by atoms with E-state index in [-0.39, 0.29) is 0 Å². The van der Waals surface area contributed by atoms with Crippen molar-refractivity contribution in [3.63, 3.8) is 0 Å². The third kappa shape index (κ3) is 3.54. The van der Waals surface area contributed by atoms with Gasteiger partial charge in [-0.15, -0.1) is 0 Å². The maximum absolute atomic E-state index is 10.2. The van der Waals surface area contributed by atoms with Crippen LogP contribution in [0.3, 0.4) is 0 Å². The van der Waals surface area contributed by atoms with Crippen LogP contribution in [0.25, 0.3) is 0 Å². The molecule has 0 fully saturated rings. The third-order valence-corrected chi connectivity index (χ3v) is 1.49. The van der Waals surface area contributed by atoms with E-state index in [1.54, 1.807) is 0 Å². The summed E-state index contributed by atoms with van der Waals surface area (Å²) >= 11 is 0. The zero-order valence-electron chi connectivity index (χ0n) is 6.04. The van der Waals surface area contributed by atoms with Crippen LogP contribution in [0.2, 0.25) is 0 Å². The first-order valence-corrected chi connectivity index (χ1v) is 4.19. The van der Waals surface area contributed by atoms with E-state index in [1.165, 1.54) is 0 Å². The molecule has 0 aromatic carbocycles. The second-order valence-electron chi connectivity index (χ2n) is 2.31. The van der Waals surface area contributed by atoms with E-state index in [2.05, 4.69) is 4.52 Å². The van der Waals surface area contributed by atoms with Gasteiger partial charge in [0.2, 0.25) is 5.85 Å². The van der Waals surface area contributed by atoms with Crippen LogP contribution in [-0.2, 0) is 9.09 Å². The highest BCUT2D eigenvalue weighted by Crippen LogP contribution is 2.39. The summed E-state index contributed by atoms with van der Waals surface area (Å²) in [5, 5.41) is 0. The van der Waals surface area contributed by atoms with Crippen LogP contribution in [0.1, 0.15) is 0 Å². The van der Waals surface area contributed by atoms with Gasteiger partial charge in [-0.1, -0.05) is 0 Å². The van der Waals surface area contributed by atoms with E-state index in [9.17, 15) is 4.57 Å². The molecule has 0 amide bonds. The summed E-state index contributed by atoms with van der Waals surface area (Å²) in [5.74, 6) is -4.76. The van der Waals surface area contributed by atoms with Crippen LogP contribution >= 0.6 is 7.82 Å². The molecule has 0 aliphatic rings. The number of nitrogens with two attached hydrogens (primary N) is 5. The van der Waals surface area contributed by atoms with Crippen LogP contribution < -0.4 is 28.7 Å². The maximum atomic E-state index is 10.2. The van der Waals surface area contributed by atoms with Gasteiger partial charge in [-0.2, -0.15) is 0 Å². The zero-order valence-corrected chi connectivity index (χ0v) is 6.94. The molecule has 0 spiro atoms. The Hall–Kier alpha value is -0.0900. The molecule has 0 saturated carbocycles. The van der Waals surface area contributed by atoms with Gasteiger partial charge in [0.25, 0.3) is 0 Å². The number of phosphoric acid groups is 1. The van der Waals surface area contributed by atoms with E-state index >= 15 is 0 Å². The molecular weight excluding hydrogens is 189 g/mol. The van der Waals surface area contributed by atoms with Crippen molar-refractivity contribution in [2.24, 2.45) is 28.7 Å². The Kier molecular flexibility index (Phi) is 2.97. The first kappa shape index (κ1) is 11.9. The molecule has 0 saturated heterocycles. The van der Waals surface area contributed by atoms with Gasteiger partial charge < -0.3 is 9.79 Å². The summed E-state index contributed by atoms with van der Waals surface area (Å²) in [6.07, 6.45) is 0. The first-order valence-electron chi connectivity index (χ1n) is 2.66. The molecule has 0 bridgehead atoms. The molecule has 12 heavy (non-hydrogen) atoms. The Morgan fingerprint density at radius 3 is 1.50 bits per heavy atom. The van der Waals surface area contributed by atoms with Crippen molar-refractivity contribution in [1.29, 1.82) is 0 Å². The average Bonchev–Trinajstić information content (AvgIpc) is 1.52. The summed E-state index contributed by atoms with van der Waals surface area (Å²) in [5.41, 5.74) is 24.8. The molecule has 0 aliphatic heterocycles. The van der Waals surface area contributed by atoms with E-state index in [0.29, 0.717) is 0 Å². The van der Waals surface area contributed by atoms with Gasteiger partial charge in [0.05, 0.1) is 0 Å². The highest BCUT2D eigenvalue weighted by molar-refractivity contribution is 7.46. The summed E-state index contributed by atoms with van der Waals surface area (Å²) in [6.45, 7) is 0. The Morgan fingerprint density at radius 2 is 1.42 bits per heavy atom. The van der Waals surface area contributed by atoms with Gasteiger partial charge in [0, 0.05) is 0 Å². The van der Waals surface area contributed by atoms with Gasteiger partial charge >= 0.3 is 7.82 Å². The van der Waals surface area contributed by atoms with E-state index < -0.39 is 19.5 Å². The molecular formula is C2H12N5O4P. The molecule has 10 heteroatoms. The minimum Gasteiger partial charge on any atom is -0.303 e. The molecule has 0 rings (SSSR count). The minimum absolute atomic E-state index is 2.26. The van der Waals surface area contributed by atoms with Crippen LogP contribution in [0.5, 0.6) is 0 Å². The van der Waals surface area contributed by atoms with Crippen LogP contribution in [0.15, 0.2) is 0 Å². The molecule has 0 atom stereocenters. The normalized spacial score (nSPS) is 14.9. The second-order valence-corrected chi connectivity index (χ2v) is 3.47. The molecule has 9 nitrogen and oxygen atoms in total. The topological polar surface area (TPSA) is 197 Å². The summed E-state index contributed by atoms with van der Waals surface area (Å²) < 4.78 is 14.1. The fourth-order valence-electron chi connectivity index (χ4n) is 0.276. The predicted octanol–water partition coefficient (Wildman–Crippen LogP) is -3.80. The summed E-state index contributed by atoms with van der Waals surface area (Å²) in [7, 11) is -4.87. The van der Waals surface area contributed by atoms with E-state index in [4.69, 9.17) is 38.5 Å². The standard InChI is InChI=1S/C2H12N5O4P/c3-1(4,5)2(6,7)11-12(8,9)10/h3-7H2,(H2,8,9,10). The molecule has 74 valence electrons. The summed E-state index contributed by atoms with van der Waals surface area (Å²) in [4.78, 5) is 16.6. The average molecular weight is 201 g/mol. The quantitative estimate of drug-likeness (QED) is 0.177. The van der Waals surface area contributed by atoms with Crippen LogP contribution in [-0.4, -0.2) is 21.4 Å². The Balaban J connectivity index is 4.56. The van der Waals surface area contributed by atoms with Gasteiger partial charge in [-0.25, -0.2) is 9.09 Å². The maximum Gasteiger partial charge on any atom is 0.472 e. The number of hydrogen-bond donors (Lipinski definition) is 7. The Morgan fingerprint density at radius 1 is 1.08 bits per heavy atom. The summed E-state index contributed by atoms with van der Waals surface area (Å²) in [6, 6.07) is 0. The molecule has 0 aliphatic carbocycles. The number of hydrogen-bond acceptors (Lipinski definition) is 7. The largest absolute Gasteiger partial charge is 0.472 e. The van der Waals surface area contributed by atoms with Gasteiger partial charge in [-0.05, 0) is 0 Å². The molecule has 0 aromatic rings. The third-order valence-electron chi connectivity index (χ3n) is 0.947. The smallest absolute Gasteiger partial charge is 0.303 e. The van der Waals surface area contributed by atoms with E-state index in [1.807, 2.05) is 0 Å². The lowest BCUT2D eigenvalue weighted by molar-refractivity contribution is -0.0192. The molecule has 0 aromatic heterocycles. The highest BCUT2D eigenvalue weighted by Gasteiger charge is 2.43. The van der Waals surface area contributed by atoms with Crippen molar-refractivity contribution in [1.82, 2.24) is 0 Å². The van der Waals surface area contributed by atoms with E-state index in [0.717, 1.165) is 0 Å². The van der Waals surface area contributed by atoms with Crippen LogP contribution in [0.4, 0.5) is 0 Å². The lowest BCUT2D eigenvalue weighted by Crippen LogP contribution is -2.81. The zero-order chi connectivity index (χ0) is 10.2. The molecule has 0 radical (unpaired) electrons. The Labute approximate surface area is 68.1 Å². The number of phosphoric ester groups is 1. The highest BCUT2D eigenvalue weighted by atomic mass is 31.2. The molecule has 0 unspecified atom stereocenters. The van der Waals surface area contributed by atoms with Crippen molar-refractivity contribution in [2.45, 2.75) is 11.6 Å². The number of rotatable bonds is 3. The van der Waals surface area contributed by atoms with Crippen molar-refractivity contribution in [3.8, 4) is 0 Å². The molecule has 12 N–H and O–H groups in total. The Bertz CT molecular complexity index is 204. The van der Waals surface area contributed by atoms with Crippen molar-refractivity contribution < 1.29 is 18.9 Å². The molecule has 0 heterocycles. The SMILES string of the molecule is NC(N)(N)C(N)(N)OP(=O)(O)O. The predicted molar refractivity (Wildman–Crippen MR) is 39.5 cm³/mol. The van der Waals surface area contributed by atoms with Crippen molar-refractivity contribution in [2.75, 3.05) is 0 Å². The minimum atomic E-state index is -4.87. The lowest BCUT2D eigenvalue weighted by atomic mass is 10.3. The van der Waals surface area contributed by atoms with Crippen molar-refractivity contribution >= 4 is 7.82 Å². The monoisotopic (exact) mass is 201 g/mol.